The van der Waals surface area contributed by atoms with Crippen LogP contribution in [0.3, 0.4) is 0 Å². The van der Waals surface area contributed by atoms with Crippen molar-refractivity contribution in [1.29, 1.82) is 0 Å². The Balaban J connectivity index is 2.54. The highest BCUT2D eigenvalue weighted by Gasteiger charge is 2.33. The molecule has 0 aliphatic heterocycles. The molecule has 0 fully saturated rings. The molecule has 3 N–H and O–H groups in total. The second-order valence-corrected chi connectivity index (χ2v) is 9.55. The van der Waals surface area contributed by atoms with Gasteiger partial charge in [-0.15, -0.1) is 0 Å². The topological polar surface area (TPSA) is 142 Å². The molecule has 188 valence electrons. The van der Waals surface area contributed by atoms with E-state index in [9.17, 15) is 34.5 Å². The first-order valence-corrected chi connectivity index (χ1v) is 11.4. The van der Waals surface area contributed by atoms with Gasteiger partial charge in [0.05, 0.1) is 12.5 Å². The summed E-state index contributed by atoms with van der Waals surface area (Å²) in [6.07, 6.45) is 5.32. The molecule has 0 amide bonds. The van der Waals surface area contributed by atoms with Gasteiger partial charge in [0.25, 0.3) is 0 Å². The van der Waals surface area contributed by atoms with Crippen molar-refractivity contribution in [2.75, 3.05) is 0 Å². The number of carbonyl (C=O) groups excluding carboxylic acids is 3. The number of hydrogen-bond acceptors (Lipinski definition) is 8. The van der Waals surface area contributed by atoms with Gasteiger partial charge in [-0.2, -0.15) is 0 Å². The molecule has 1 unspecified atom stereocenters. The van der Waals surface area contributed by atoms with Crippen LogP contribution in [0.5, 0.6) is 5.75 Å². The van der Waals surface area contributed by atoms with Crippen molar-refractivity contribution >= 4 is 17.3 Å². The van der Waals surface area contributed by atoms with E-state index in [1.54, 1.807) is 20.8 Å². The summed E-state index contributed by atoms with van der Waals surface area (Å²) in [6.45, 7) is 10.4. The van der Waals surface area contributed by atoms with Crippen LogP contribution in [0.15, 0.2) is 45.9 Å². The molecule has 0 aliphatic carbocycles. The minimum absolute atomic E-state index is 0.00821. The van der Waals surface area contributed by atoms with E-state index in [1.165, 1.54) is 6.26 Å². The maximum absolute atomic E-state index is 12.4. The van der Waals surface area contributed by atoms with E-state index >= 15 is 0 Å². The lowest BCUT2D eigenvalue weighted by Crippen LogP contribution is -2.26. The van der Waals surface area contributed by atoms with Crippen LogP contribution in [0, 0.1) is 5.41 Å². The van der Waals surface area contributed by atoms with Gasteiger partial charge in [-0.05, 0) is 36.5 Å². The maximum atomic E-state index is 12.4. The summed E-state index contributed by atoms with van der Waals surface area (Å²) < 4.78 is 4.98. The molecule has 34 heavy (non-hydrogen) atoms. The third-order valence-corrected chi connectivity index (χ3v) is 6.53. The Kier molecular flexibility index (Phi) is 10.5. The number of Topliss-reactive ketones (excluding diaryl/α,β-unsaturated/α-hetero) is 3. The van der Waals surface area contributed by atoms with Gasteiger partial charge in [-0.25, -0.2) is 0 Å². The van der Waals surface area contributed by atoms with E-state index in [0.29, 0.717) is 37.5 Å². The third kappa shape index (κ3) is 7.71. The van der Waals surface area contributed by atoms with E-state index in [1.807, 2.05) is 6.92 Å². The normalized spacial score (nSPS) is 13.8. The highest BCUT2D eigenvalue weighted by molar-refractivity contribution is 6.06. The van der Waals surface area contributed by atoms with Crippen molar-refractivity contribution in [2.45, 2.75) is 84.5 Å². The van der Waals surface area contributed by atoms with Crippen molar-refractivity contribution in [2.24, 2.45) is 5.41 Å². The molecule has 8 heteroatoms. The molecule has 1 atom stereocenters. The van der Waals surface area contributed by atoms with Gasteiger partial charge < -0.3 is 19.7 Å². The summed E-state index contributed by atoms with van der Waals surface area (Å²) in [4.78, 5) is 48.9. The highest BCUT2D eigenvalue weighted by Crippen LogP contribution is 2.37. The number of ketones is 3. The summed E-state index contributed by atoms with van der Waals surface area (Å²) >= 11 is 0. The predicted molar refractivity (Wildman–Crippen MR) is 128 cm³/mol. The molecule has 1 aromatic heterocycles. The molecule has 0 bridgehead atoms. The van der Waals surface area contributed by atoms with Crippen molar-refractivity contribution in [1.82, 2.24) is 0 Å². The summed E-state index contributed by atoms with van der Waals surface area (Å²) in [5.74, 6) is -1.98. The zero-order valence-electron chi connectivity index (χ0n) is 20.5. The van der Waals surface area contributed by atoms with Crippen LogP contribution in [0.1, 0.15) is 84.6 Å². The minimum Gasteiger partial charge on any atom is -0.515 e. The molecular weight excluding hydrogens is 440 g/mol. The molecule has 0 spiro atoms. The molecule has 0 aromatic carbocycles. The first kappa shape index (κ1) is 28.9. The molecule has 0 radical (unpaired) electrons. The smallest absolute Gasteiger partial charge is 0.230 e. The molecular formula is C26H36O8. The van der Waals surface area contributed by atoms with Crippen LogP contribution in [0.2, 0.25) is 0 Å². The first-order valence-electron chi connectivity index (χ1n) is 11.4. The number of carbonyl (C=O) groups is 3. The van der Waals surface area contributed by atoms with Gasteiger partial charge in [0.2, 0.25) is 11.2 Å². The van der Waals surface area contributed by atoms with E-state index < -0.39 is 33.6 Å². The molecule has 1 heterocycles. The van der Waals surface area contributed by atoms with Gasteiger partial charge in [-0.1, -0.05) is 34.3 Å². The monoisotopic (exact) mass is 476 g/mol. The van der Waals surface area contributed by atoms with Gasteiger partial charge in [0.15, 0.2) is 11.5 Å². The van der Waals surface area contributed by atoms with Gasteiger partial charge in [0, 0.05) is 36.8 Å². The SMILES string of the molecule is C=C(O)C(=O)/C(=C\O)C(C)(CC)CCC(=O)CCCC(=O)CCC(C)(C)c1cocc(O)c1=O. The van der Waals surface area contributed by atoms with E-state index in [4.69, 9.17) is 4.42 Å². The van der Waals surface area contributed by atoms with Crippen LogP contribution >= 0.6 is 0 Å². The van der Waals surface area contributed by atoms with Crippen LogP contribution in [0.25, 0.3) is 0 Å². The highest BCUT2D eigenvalue weighted by atomic mass is 16.3. The average Bonchev–Trinajstić information content (AvgIpc) is 2.78. The molecule has 0 saturated carbocycles. The standard InChI is InChI=1S/C26H36O8/c1-6-26(5,20(14-27)23(32)17(2)28)13-11-19(30)9-7-8-18(29)10-12-25(3,4)21-15-34-16-22(31)24(21)33/h14-16,27-28,31H,2,6-13H2,1,3-5H3/b20-14+. The Labute approximate surface area is 200 Å². The molecule has 0 saturated heterocycles. The number of rotatable bonds is 15. The molecule has 8 nitrogen and oxygen atoms in total. The second kappa shape index (κ2) is 12.3. The average molecular weight is 477 g/mol. The Morgan fingerprint density at radius 3 is 2.09 bits per heavy atom. The lowest BCUT2D eigenvalue weighted by atomic mass is 9.74. The number of hydrogen-bond donors (Lipinski definition) is 3. The van der Waals surface area contributed by atoms with Crippen LogP contribution in [0.4, 0.5) is 0 Å². The van der Waals surface area contributed by atoms with Crippen molar-refractivity contribution < 1.29 is 34.1 Å². The second-order valence-electron chi connectivity index (χ2n) is 9.55. The Morgan fingerprint density at radius 1 is 1.03 bits per heavy atom. The van der Waals surface area contributed by atoms with E-state index in [0.717, 1.165) is 6.26 Å². The fraction of sp³-hybridized carbons (Fsp3) is 0.538. The zero-order chi connectivity index (χ0) is 26.1. The summed E-state index contributed by atoms with van der Waals surface area (Å²) in [7, 11) is 0. The van der Waals surface area contributed by atoms with Gasteiger partial charge in [-0.3, -0.25) is 19.2 Å². The van der Waals surface area contributed by atoms with Gasteiger partial charge in [0.1, 0.15) is 17.8 Å². The maximum Gasteiger partial charge on any atom is 0.230 e. The van der Waals surface area contributed by atoms with Crippen molar-refractivity contribution in [3.63, 3.8) is 0 Å². The lowest BCUT2D eigenvalue weighted by molar-refractivity contribution is -0.121. The van der Waals surface area contributed by atoms with Crippen LogP contribution < -0.4 is 5.43 Å². The van der Waals surface area contributed by atoms with Crippen molar-refractivity contribution in [3.8, 4) is 5.75 Å². The molecule has 1 aromatic rings. The summed E-state index contributed by atoms with van der Waals surface area (Å²) in [6, 6.07) is 0. The Bertz CT molecular complexity index is 998. The van der Waals surface area contributed by atoms with E-state index in [-0.39, 0.29) is 42.8 Å². The quantitative estimate of drug-likeness (QED) is 0.237. The number of aromatic hydroxyl groups is 1. The fourth-order valence-electron chi connectivity index (χ4n) is 3.76. The molecule has 1 rings (SSSR count). The Hall–Kier alpha value is -3.16. The summed E-state index contributed by atoms with van der Waals surface area (Å²) in [5, 5.41) is 28.4. The first-order chi connectivity index (χ1) is 15.8. The Morgan fingerprint density at radius 2 is 1.59 bits per heavy atom. The number of aliphatic hydroxyl groups is 2. The third-order valence-electron chi connectivity index (χ3n) is 6.53. The minimum atomic E-state index is -0.798. The largest absolute Gasteiger partial charge is 0.515 e. The lowest BCUT2D eigenvalue weighted by Gasteiger charge is -2.29. The fourth-order valence-corrected chi connectivity index (χ4v) is 3.76. The van der Waals surface area contributed by atoms with E-state index in [2.05, 4.69) is 6.58 Å². The van der Waals surface area contributed by atoms with Crippen molar-refractivity contribution in [3.05, 3.63) is 52.5 Å². The molecule has 0 aliphatic rings. The van der Waals surface area contributed by atoms with Gasteiger partial charge >= 0.3 is 0 Å². The number of allylic oxidation sites excluding steroid dienone is 1. The summed E-state index contributed by atoms with van der Waals surface area (Å²) in [5.41, 5.74) is -1.67. The predicted octanol–water partition coefficient (Wildman–Crippen LogP) is 4.99. The van der Waals surface area contributed by atoms with Crippen LogP contribution in [-0.2, 0) is 19.8 Å². The zero-order valence-corrected chi connectivity index (χ0v) is 20.5. The number of aliphatic hydroxyl groups excluding tert-OH is 2. The van der Waals surface area contributed by atoms with Crippen LogP contribution in [-0.4, -0.2) is 32.7 Å².